The normalized spacial score (nSPS) is 10.9. The molecule has 0 fully saturated rings. The van der Waals surface area contributed by atoms with Crippen molar-refractivity contribution < 1.29 is 4.74 Å². The number of aromatic amines is 1. The Morgan fingerprint density at radius 1 is 1.15 bits per heavy atom. The Balaban J connectivity index is 2.33. The molecule has 2 aromatic carbocycles. The van der Waals surface area contributed by atoms with E-state index in [9.17, 15) is 0 Å². The summed E-state index contributed by atoms with van der Waals surface area (Å²) in [5, 5.41) is 1.19. The van der Waals surface area contributed by atoms with Gasteiger partial charge >= 0.3 is 0 Å². The quantitative estimate of drug-likeness (QED) is 0.672. The van der Waals surface area contributed by atoms with E-state index in [-0.39, 0.29) is 0 Å². The lowest BCUT2D eigenvalue weighted by Crippen LogP contribution is -1.95. The van der Waals surface area contributed by atoms with Crippen molar-refractivity contribution in [3.63, 3.8) is 0 Å². The van der Waals surface area contributed by atoms with Gasteiger partial charge in [-0.1, -0.05) is 23.2 Å². The Kier molecular flexibility index (Phi) is 3.46. The number of hydrogen-bond donors (Lipinski definition) is 1. The molecular weight excluding hydrogens is 315 g/mol. The van der Waals surface area contributed by atoms with Gasteiger partial charge in [0.25, 0.3) is 0 Å². The van der Waals surface area contributed by atoms with Gasteiger partial charge in [0.05, 0.1) is 28.9 Å². The zero-order chi connectivity index (χ0) is 14.3. The first kappa shape index (κ1) is 13.5. The number of aromatic nitrogens is 2. The van der Waals surface area contributed by atoms with E-state index >= 15 is 0 Å². The van der Waals surface area contributed by atoms with Crippen LogP contribution in [-0.2, 0) is 0 Å². The van der Waals surface area contributed by atoms with Crippen LogP contribution >= 0.6 is 35.4 Å². The molecular formula is C14H10Cl2N2OS. The van der Waals surface area contributed by atoms with Gasteiger partial charge in [0.15, 0.2) is 4.77 Å². The summed E-state index contributed by atoms with van der Waals surface area (Å²) >= 11 is 17.7. The number of benzene rings is 2. The molecule has 0 aliphatic heterocycles. The highest BCUT2D eigenvalue weighted by molar-refractivity contribution is 7.71. The SMILES string of the molecule is COc1ccc2c(c1)[nH]c(=S)n2-c1cc(Cl)ccc1Cl. The molecule has 0 bridgehead atoms. The maximum Gasteiger partial charge on any atom is 0.182 e. The van der Waals surface area contributed by atoms with E-state index in [0.717, 1.165) is 22.5 Å². The summed E-state index contributed by atoms with van der Waals surface area (Å²) in [6, 6.07) is 11.0. The van der Waals surface area contributed by atoms with Crippen LogP contribution in [0.3, 0.4) is 0 Å². The van der Waals surface area contributed by atoms with Crippen LogP contribution in [0.5, 0.6) is 5.75 Å². The van der Waals surface area contributed by atoms with Gasteiger partial charge in [0.2, 0.25) is 0 Å². The lowest BCUT2D eigenvalue weighted by atomic mass is 10.2. The summed E-state index contributed by atoms with van der Waals surface area (Å²) in [6.07, 6.45) is 0. The van der Waals surface area contributed by atoms with E-state index in [0.29, 0.717) is 14.8 Å². The zero-order valence-electron chi connectivity index (χ0n) is 10.5. The number of methoxy groups -OCH3 is 1. The van der Waals surface area contributed by atoms with Crippen LogP contribution in [0.1, 0.15) is 0 Å². The summed E-state index contributed by atoms with van der Waals surface area (Å²) in [5.74, 6) is 0.762. The summed E-state index contributed by atoms with van der Waals surface area (Å²) in [4.78, 5) is 3.14. The number of H-pyrrole nitrogens is 1. The molecule has 0 aliphatic rings. The van der Waals surface area contributed by atoms with E-state index in [4.69, 9.17) is 40.2 Å². The molecule has 3 rings (SSSR count). The Hall–Kier alpha value is -1.49. The van der Waals surface area contributed by atoms with Gasteiger partial charge in [-0.15, -0.1) is 0 Å². The van der Waals surface area contributed by atoms with Crippen LogP contribution in [0.25, 0.3) is 16.7 Å². The molecule has 3 nitrogen and oxygen atoms in total. The molecule has 0 unspecified atom stereocenters. The topological polar surface area (TPSA) is 29.9 Å². The molecule has 20 heavy (non-hydrogen) atoms. The van der Waals surface area contributed by atoms with E-state index in [2.05, 4.69) is 4.98 Å². The molecule has 0 saturated heterocycles. The van der Waals surface area contributed by atoms with Gasteiger partial charge in [0, 0.05) is 11.1 Å². The van der Waals surface area contributed by atoms with Crippen molar-refractivity contribution in [2.24, 2.45) is 0 Å². The lowest BCUT2D eigenvalue weighted by molar-refractivity contribution is 0.415. The van der Waals surface area contributed by atoms with Crippen molar-refractivity contribution in [3.8, 4) is 11.4 Å². The number of halogens is 2. The van der Waals surface area contributed by atoms with E-state index in [1.165, 1.54) is 0 Å². The second-order valence-corrected chi connectivity index (χ2v) is 5.47. The molecule has 1 N–H and O–H groups in total. The van der Waals surface area contributed by atoms with Gasteiger partial charge in [-0.25, -0.2) is 0 Å². The lowest BCUT2D eigenvalue weighted by Gasteiger charge is -2.08. The Morgan fingerprint density at radius 3 is 2.70 bits per heavy atom. The Labute approximate surface area is 130 Å². The van der Waals surface area contributed by atoms with Gasteiger partial charge in [-0.2, -0.15) is 0 Å². The first-order valence-electron chi connectivity index (χ1n) is 5.84. The highest BCUT2D eigenvalue weighted by Gasteiger charge is 2.11. The summed E-state index contributed by atoms with van der Waals surface area (Å²) in [5.41, 5.74) is 2.55. The maximum absolute atomic E-state index is 6.25. The minimum absolute atomic E-state index is 0.553. The highest BCUT2D eigenvalue weighted by Crippen LogP contribution is 2.29. The second kappa shape index (κ2) is 5.13. The van der Waals surface area contributed by atoms with Crippen LogP contribution < -0.4 is 4.74 Å². The fraction of sp³-hybridized carbons (Fsp3) is 0.0714. The number of imidazole rings is 1. The molecule has 0 amide bonds. The third kappa shape index (κ3) is 2.20. The van der Waals surface area contributed by atoms with Gasteiger partial charge in [-0.05, 0) is 42.5 Å². The average Bonchev–Trinajstić information content (AvgIpc) is 2.76. The van der Waals surface area contributed by atoms with Gasteiger partial charge in [0.1, 0.15) is 5.75 Å². The highest BCUT2D eigenvalue weighted by atomic mass is 35.5. The van der Waals surface area contributed by atoms with Crippen LogP contribution in [0.2, 0.25) is 10.0 Å². The molecule has 0 radical (unpaired) electrons. The second-order valence-electron chi connectivity index (χ2n) is 4.24. The molecule has 0 saturated carbocycles. The number of nitrogens with one attached hydrogen (secondary N) is 1. The summed E-state index contributed by atoms with van der Waals surface area (Å²) in [6.45, 7) is 0. The number of ether oxygens (including phenoxy) is 1. The molecule has 3 aromatic rings. The Bertz CT molecular complexity index is 854. The zero-order valence-corrected chi connectivity index (χ0v) is 12.8. The third-order valence-electron chi connectivity index (χ3n) is 3.04. The fourth-order valence-corrected chi connectivity index (χ4v) is 2.79. The van der Waals surface area contributed by atoms with Crippen LogP contribution in [-0.4, -0.2) is 16.7 Å². The maximum atomic E-state index is 6.25. The van der Waals surface area contributed by atoms with Crippen molar-refractivity contribution in [2.75, 3.05) is 7.11 Å². The predicted molar refractivity (Wildman–Crippen MR) is 85.0 cm³/mol. The largest absolute Gasteiger partial charge is 0.497 e. The first-order valence-corrected chi connectivity index (χ1v) is 7.01. The van der Waals surface area contributed by atoms with Crippen molar-refractivity contribution in [2.45, 2.75) is 0 Å². The van der Waals surface area contributed by atoms with E-state index in [1.807, 2.05) is 22.8 Å². The molecule has 0 atom stereocenters. The monoisotopic (exact) mass is 324 g/mol. The Morgan fingerprint density at radius 2 is 1.95 bits per heavy atom. The van der Waals surface area contributed by atoms with Gasteiger partial charge < -0.3 is 9.72 Å². The minimum atomic E-state index is 0.553. The van der Waals surface area contributed by atoms with Crippen molar-refractivity contribution >= 4 is 46.5 Å². The van der Waals surface area contributed by atoms with Crippen LogP contribution in [0.4, 0.5) is 0 Å². The minimum Gasteiger partial charge on any atom is -0.497 e. The number of hydrogen-bond acceptors (Lipinski definition) is 2. The molecule has 6 heteroatoms. The van der Waals surface area contributed by atoms with E-state index in [1.54, 1.807) is 25.3 Å². The van der Waals surface area contributed by atoms with Crippen molar-refractivity contribution in [1.29, 1.82) is 0 Å². The van der Waals surface area contributed by atoms with Crippen molar-refractivity contribution in [1.82, 2.24) is 9.55 Å². The van der Waals surface area contributed by atoms with Crippen LogP contribution in [0, 0.1) is 4.77 Å². The number of fused-ring (bicyclic) bond motifs is 1. The first-order chi connectivity index (χ1) is 9.60. The molecule has 0 aliphatic carbocycles. The molecule has 1 heterocycles. The molecule has 0 spiro atoms. The van der Waals surface area contributed by atoms with E-state index < -0.39 is 0 Å². The number of rotatable bonds is 2. The van der Waals surface area contributed by atoms with Crippen LogP contribution in [0.15, 0.2) is 36.4 Å². The smallest absolute Gasteiger partial charge is 0.182 e. The van der Waals surface area contributed by atoms with Gasteiger partial charge in [-0.3, -0.25) is 4.57 Å². The summed E-state index contributed by atoms with van der Waals surface area (Å²) in [7, 11) is 1.63. The predicted octanol–water partition coefficient (Wildman–Crippen LogP) is 5.00. The summed E-state index contributed by atoms with van der Waals surface area (Å²) < 4.78 is 7.62. The standard InChI is InChI=1S/C14H10Cl2N2OS/c1-19-9-3-5-12-11(7-9)17-14(20)18(12)13-6-8(15)2-4-10(13)16/h2-7H,1H3,(H,17,20). The fourth-order valence-electron chi connectivity index (χ4n) is 2.11. The molecule has 1 aromatic heterocycles. The van der Waals surface area contributed by atoms with Crippen molar-refractivity contribution in [3.05, 3.63) is 51.2 Å². The average molecular weight is 325 g/mol. The third-order valence-corrected chi connectivity index (χ3v) is 3.88. The molecule has 102 valence electrons. The number of nitrogens with zero attached hydrogens (tertiary/aromatic N) is 1.